The maximum absolute atomic E-state index is 13.9. The number of benzene rings is 2. The van der Waals surface area contributed by atoms with Gasteiger partial charge in [-0.1, -0.05) is 17.7 Å². The van der Waals surface area contributed by atoms with Crippen LogP contribution in [-0.2, 0) is 11.3 Å². The number of aryl methyl sites for hydroxylation is 1. The number of carbonyl (C=O) groups is 1. The Kier molecular flexibility index (Phi) is 6.51. The van der Waals surface area contributed by atoms with Crippen molar-refractivity contribution in [3.05, 3.63) is 71.7 Å². The number of hydrogen-bond donors (Lipinski definition) is 0. The third-order valence-electron chi connectivity index (χ3n) is 4.53. The first-order valence-electron chi connectivity index (χ1n) is 9.31. The van der Waals surface area contributed by atoms with E-state index in [9.17, 15) is 9.18 Å². The van der Waals surface area contributed by atoms with Crippen LogP contribution in [0.5, 0.6) is 23.1 Å². The van der Waals surface area contributed by atoms with Crippen LogP contribution in [0, 0.1) is 12.9 Å². The van der Waals surface area contributed by atoms with Gasteiger partial charge in [0.1, 0.15) is 22.9 Å². The van der Waals surface area contributed by atoms with E-state index >= 15 is 0 Å². The number of rotatable bonds is 7. The summed E-state index contributed by atoms with van der Waals surface area (Å²) in [5.74, 6) is 0.740. The summed E-state index contributed by atoms with van der Waals surface area (Å²) in [5, 5.41) is 0. The third kappa shape index (κ3) is 4.86. The predicted molar refractivity (Wildman–Crippen MR) is 112 cm³/mol. The highest BCUT2D eigenvalue weighted by Crippen LogP contribution is 2.34. The number of pyridine rings is 1. The first-order chi connectivity index (χ1) is 14.4. The van der Waals surface area contributed by atoms with Crippen molar-refractivity contribution in [2.45, 2.75) is 20.4 Å². The highest BCUT2D eigenvalue weighted by Gasteiger charge is 2.21. The van der Waals surface area contributed by atoms with Crippen LogP contribution >= 0.6 is 0 Å². The smallest absolute Gasteiger partial charge is 0.246 e. The van der Waals surface area contributed by atoms with E-state index in [0.717, 1.165) is 11.1 Å². The van der Waals surface area contributed by atoms with Crippen molar-refractivity contribution in [2.75, 3.05) is 19.1 Å². The molecule has 0 aliphatic heterocycles. The van der Waals surface area contributed by atoms with Gasteiger partial charge in [-0.25, -0.2) is 0 Å². The SMILES string of the molecule is COc1ccc(OC)c(CN(C(C)=O)c2ccc(F)nc2Oc2ccc(C)cc2)c1. The minimum absolute atomic E-state index is 0.00378. The fourth-order valence-electron chi connectivity index (χ4n) is 2.95. The number of aromatic nitrogens is 1. The molecule has 0 aliphatic carbocycles. The van der Waals surface area contributed by atoms with E-state index in [1.807, 2.05) is 19.1 Å². The Morgan fingerprint density at radius 2 is 1.70 bits per heavy atom. The lowest BCUT2D eigenvalue weighted by Gasteiger charge is -2.24. The Labute approximate surface area is 174 Å². The zero-order chi connectivity index (χ0) is 21.7. The standard InChI is InChI=1S/C23H23FN2O4/c1-15-5-7-18(8-6-15)30-23-20(10-12-22(24)25-23)26(16(2)27)14-17-13-19(28-3)9-11-21(17)29-4/h5-13H,14H2,1-4H3. The van der Waals surface area contributed by atoms with Gasteiger partial charge in [-0.3, -0.25) is 4.79 Å². The van der Waals surface area contributed by atoms with E-state index in [0.29, 0.717) is 22.9 Å². The Morgan fingerprint density at radius 3 is 2.33 bits per heavy atom. The summed E-state index contributed by atoms with van der Waals surface area (Å²) in [6, 6.07) is 15.2. The summed E-state index contributed by atoms with van der Waals surface area (Å²) in [7, 11) is 3.11. The van der Waals surface area contributed by atoms with Crippen molar-refractivity contribution >= 4 is 11.6 Å². The summed E-state index contributed by atoms with van der Waals surface area (Å²) < 4.78 is 30.4. The number of nitrogens with zero attached hydrogens (tertiary/aromatic N) is 2. The third-order valence-corrected chi connectivity index (χ3v) is 4.53. The first kappa shape index (κ1) is 21.1. The monoisotopic (exact) mass is 410 g/mol. The van der Waals surface area contributed by atoms with Gasteiger partial charge in [-0.15, -0.1) is 0 Å². The molecule has 1 heterocycles. The Hall–Kier alpha value is -3.61. The average Bonchev–Trinajstić information content (AvgIpc) is 2.74. The second-order valence-corrected chi connectivity index (χ2v) is 6.66. The van der Waals surface area contributed by atoms with Crippen LogP contribution in [0.25, 0.3) is 0 Å². The van der Waals surface area contributed by atoms with Crippen LogP contribution in [0.3, 0.4) is 0 Å². The summed E-state index contributed by atoms with van der Waals surface area (Å²) in [4.78, 5) is 17.8. The van der Waals surface area contributed by atoms with Crippen molar-refractivity contribution in [1.29, 1.82) is 0 Å². The summed E-state index contributed by atoms with van der Waals surface area (Å²) in [5.41, 5.74) is 2.12. The second-order valence-electron chi connectivity index (χ2n) is 6.66. The van der Waals surface area contributed by atoms with Crippen molar-refractivity contribution < 1.29 is 23.4 Å². The lowest BCUT2D eigenvalue weighted by Crippen LogP contribution is -2.28. The van der Waals surface area contributed by atoms with Gasteiger partial charge in [0, 0.05) is 12.5 Å². The predicted octanol–water partition coefficient (Wildman–Crippen LogP) is 4.89. The minimum Gasteiger partial charge on any atom is -0.497 e. The Bertz CT molecular complexity index is 1040. The molecule has 1 aromatic heterocycles. The van der Waals surface area contributed by atoms with Crippen LogP contribution in [-0.4, -0.2) is 25.1 Å². The molecule has 3 rings (SSSR count). The molecule has 3 aromatic rings. The summed E-state index contributed by atoms with van der Waals surface area (Å²) >= 11 is 0. The Morgan fingerprint density at radius 1 is 1.00 bits per heavy atom. The number of methoxy groups -OCH3 is 2. The van der Waals surface area contributed by atoms with E-state index in [2.05, 4.69) is 4.98 Å². The van der Waals surface area contributed by atoms with Crippen molar-refractivity contribution in [3.63, 3.8) is 0 Å². The number of hydrogen-bond acceptors (Lipinski definition) is 5. The first-order valence-corrected chi connectivity index (χ1v) is 9.31. The highest BCUT2D eigenvalue weighted by molar-refractivity contribution is 5.92. The molecule has 0 fully saturated rings. The summed E-state index contributed by atoms with van der Waals surface area (Å²) in [6.07, 6.45) is 0. The van der Waals surface area contributed by atoms with E-state index in [-0.39, 0.29) is 18.3 Å². The van der Waals surface area contributed by atoms with E-state index in [1.165, 1.54) is 24.0 Å². The molecule has 0 radical (unpaired) electrons. The van der Waals surface area contributed by atoms with Gasteiger partial charge in [0.2, 0.25) is 17.7 Å². The normalized spacial score (nSPS) is 10.4. The molecule has 0 spiro atoms. The molecule has 1 amide bonds. The lowest BCUT2D eigenvalue weighted by atomic mass is 10.1. The van der Waals surface area contributed by atoms with Gasteiger partial charge in [0.15, 0.2) is 0 Å². The van der Waals surface area contributed by atoms with Crippen molar-refractivity contribution in [2.24, 2.45) is 0 Å². The molecule has 0 unspecified atom stereocenters. The van der Waals surface area contributed by atoms with Crippen LogP contribution < -0.4 is 19.1 Å². The van der Waals surface area contributed by atoms with Gasteiger partial charge >= 0.3 is 0 Å². The van der Waals surface area contributed by atoms with Crippen molar-refractivity contribution in [3.8, 4) is 23.1 Å². The van der Waals surface area contributed by atoms with Gasteiger partial charge in [0.05, 0.1) is 20.8 Å². The zero-order valence-electron chi connectivity index (χ0n) is 17.3. The van der Waals surface area contributed by atoms with E-state index in [4.69, 9.17) is 14.2 Å². The van der Waals surface area contributed by atoms with Gasteiger partial charge in [-0.2, -0.15) is 9.37 Å². The molecule has 0 N–H and O–H groups in total. The average molecular weight is 410 g/mol. The molecular formula is C23H23FN2O4. The zero-order valence-corrected chi connectivity index (χ0v) is 17.3. The largest absolute Gasteiger partial charge is 0.497 e. The maximum Gasteiger partial charge on any atom is 0.246 e. The maximum atomic E-state index is 13.9. The molecule has 0 aliphatic rings. The van der Waals surface area contributed by atoms with Crippen molar-refractivity contribution in [1.82, 2.24) is 4.98 Å². The molecule has 7 heteroatoms. The van der Waals surface area contributed by atoms with E-state index in [1.54, 1.807) is 44.6 Å². The fraction of sp³-hybridized carbons (Fsp3) is 0.217. The molecule has 2 aromatic carbocycles. The summed E-state index contributed by atoms with van der Waals surface area (Å²) in [6.45, 7) is 3.54. The van der Waals surface area contributed by atoms with Crippen LogP contribution in [0.15, 0.2) is 54.6 Å². The molecule has 0 atom stereocenters. The second kappa shape index (κ2) is 9.26. The number of halogens is 1. The minimum atomic E-state index is -0.705. The topological polar surface area (TPSA) is 60.9 Å². The molecule has 0 saturated heterocycles. The number of amides is 1. The molecule has 0 saturated carbocycles. The fourth-order valence-corrected chi connectivity index (χ4v) is 2.95. The highest BCUT2D eigenvalue weighted by atomic mass is 19.1. The number of anilines is 1. The van der Waals surface area contributed by atoms with Gasteiger partial charge < -0.3 is 19.1 Å². The Balaban J connectivity index is 2.00. The molecule has 0 bridgehead atoms. The quantitative estimate of drug-likeness (QED) is 0.519. The lowest BCUT2D eigenvalue weighted by molar-refractivity contribution is -0.116. The molecule has 156 valence electrons. The number of carbonyl (C=O) groups excluding carboxylic acids is 1. The molecular weight excluding hydrogens is 387 g/mol. The van der Waals surface area contributed by atoms with Crippen LogP contribution in [0.1, 0.15) is 18.1 Å². The van der Waals surface area contributed by atoms with Crippen LogP contribution in [0.2, 0.25) is 0 Å². The molecule has 30 heavy (non-hydrogen) atoms. The van der Waals surface area contributed by atoms with Crippen LogP contribution in [0.4, 0.5) is 10.1 Å². The van der Waals surface area contributed by atoms with Gasteiger partial charge in [0.25, 0.3) is 0 Å². The van der Waals surface area contributed by atoms with E-state index < -0.39 is 5.95 Å². The molecule has 6 nitrogen and oxygen atoms in total. The number of ether oxygens (including phenoxy) is 3. The van der Waals surface area contributed by atoms with Gasteiger partial charge in [-0.05, 0) is 49.4 Å².